The molecule has 22 heavy (non-hydrogen) atoms. The van der Waals surface area contributed by atoms with Crippen LogP contribution in [0.2, 0.25) is 0 Å². The molecule has 0 radical (unpaired) electrons. The van der Waals surface area contributed by atoms with Crippen LogP contribution in [-0.4, -0.2) is 51.8 Å². The molecule has 0 aromatic heterocycles. The van der Waals surface area contributed by atoms with Crippen molar-refractivity contribution < 1.29 is 13.0 Å². The highest BCUT2D eigenvalue weighted by atomic mass is 32.2. The van der Waals surface area contributed by atoms with Gasteiger partial charge in [0.2, 0.25) is 5.71 Å². The van der Waals surface area contributed by atoms with E-state index in [4.69, 9.17) is 0 Å². The first-order valence-electron chi connectivity index (χ1n) is 6.90. The van der Waals surface area contributed by atoms with Crippen LogP contribution in [0.3, 0.4) is 0 Å². The highest BCUT2D eigenvalue weighted by Crippen LogP contribution is 2.30. The van der Waals surface area contributed by atoms with Crippen LogP contribution in [0.5, 0.6) is 0 Å². The minimum Gasteiger partial charge on any atom is -0.375 e. The first-order chi connectivity index (χ1) is 10.1. The summed E-state index contributed by atoms with van der Waals surface area (Å²) in [6.45, 7) is 5.94. The van der Waals surface area contributed by atoms with E-state index in [-0.39, 0.29) is 4.90 Å². The number of nitrogens with one attached hydrogen (secondary N) is 1. The van der Waals surface area contributed by atoms with E-state index >= 15 is 0 Å². The molecule has 1 aromatic carbocycles. The second-order valence-corrected chi connectivity index (χ2v) is 7.44. The molecular formula is C16H22N3O2S+. The number of rotatable bonds is 4. The molecule has 0 saturated heterocycles. The summed E-state index contributed by atoms with van der Waals surface area (Å²) in [5.41, 5.74) is 4.04. The second kappa shape index (κ2) is 5.61. The predicted octanol–water partition coefficient (Wildman–Crippen LogP) is 1.33. The number of aryl methyl sites for hydroxylation is 1. The molecule has 0 atom stereocenters. The molecule has 0 bridgehead atoms. The van der Waals surface area contributed by atoms with Crippen molar-refractivity contribution >= 4 is 15.7 Å². The Morgan fingerprint density at radius 3 is 2.14 bits per heavy atom. The van der Waals surface area contributed by atoms with E-state index in [1.807, 2.05) is 44.6 Å². The number of benzene rings is 1. The fourth-order valence-electron chi connectivity index (χ4n) is 2.46. The molecule has 0 unspecified atom stereocenters. The van der Waals surface area contributed by atoms with E-state index in [1.54, 1.807) is 24.3 Å². The smallest absolute Gasteiger partial charge is 0.262 e. The lowest BCUT2D eigenvalue weighted by Crippen LogP contribution is -2.43. The number of allylic oxidation sites excluding steroid dienone is 2. The molecule has 0 amide bonds. The zero-order chi connectivity index (χ0) is 16.7. The molecule has 1 N–H and O–H groups in total. The highest BCUT2D eigenvalue weighted by molar-refractivity contribution is 7.89. The summed E-state index contributed by atoms with van der Waals surface area (Å²) in [4.78, 5) is 2.11. The van der Waals surface area contributed by atoms with Gasteiger partial charge < -0.3 is 4.90 Å². The van der Waals surface area contributed by atoms with Gasteiger partial charge >= 0.3 is 0 Å². The highest BCUT2D eigenvalue weighted by Gasteiger charge is 2.39. The first-order valence-corrected chi connectivity index (χ1v) is 8.39. The van der Waals surface area contributed by atoms with Crippen LogP contribution >= 0.6 is 0 Å². The van der Waals surface area contributed by atoms with E-state index < -0.39 is 10.0 Å². The van der Waals surface area contributed by atoms with Crippen LogP contribution < -0.4 is 4.72 Å². The zero-order valence-corrected chi connectivity index (χ0v) is 14.5. The van der Waals surface area contributed by atoms with Crippen molar-refractivity contribution in [1.29, 1.82) is 0 Å². The van der Waals surface area contributed by atoms with Gasteiger partial charge in [0, 0.05) is 14.1 Å². The lowest BCUT2D eigenvalue weighted by molar-refractivity contribution is -0.464. The Labute approximate surface area is 132 Å². The monoisotopic (exact) mass is 320 g/mol. The van der Waals surface area contributed by atoms with Crippen molar-refractivity contribution in [2.45, 2.75) is 11.8 Å². The normalized spacial score (nSPS) is 14.8. The largest absolute Gasteiger partial charge is 0.375 e. The number of hydrogen-bond donors (Lipinski definition) is 1. The van der Waals surface area contributed by atoms with Crippen LogP contribution in [0.4, 0.5) is 0 Å². The maximum atomic E-state index is 12.6. The van der Waals surface area contributed by atoms with Gasteiger partial charge in [-0.15, -0.1) is 0 Å². The Morgan fingerprint density at radius 1 is 1.14 bits per heavy atom. The van der Waals surface area contributed by atoms with Gasteiger partial charge in [-0.2, -0.15) is 0 Å². The van der Waals surface area contributed by atoms with Crippen molar-refractivity contribution in [2.75, 3.05) is 28.2 Å². The van der Waals surface area contributed by atoms with Gasteiger partial charge in [-0.25, -0.2) is 13.0 Å². The molecule has 2 rings (SSSR count). The third-order valence-corrected chi connectivity index (χ3v) is 4.87. The Bertz CT molecular complexity index is 781. The van der Waals surface area contributed by atoms with Crippen LogP contribution in [0.15, 0.2) is 52.7 Å². The van der Waals surface area contributed by atoms with Gasteiger partial charge in [-0.1, -0.05) is 24.3 Å². The summed E-state index contributed by atoms with van der Waals surface area (Å²) in [5.74, 6) is 0. The molecular weight excluding hydrogens is 298 g/mol. The quantitative estimate of drug-likeness (QED) is 0.852. The molecule has 6 heteroatoms. The minimum absolute atomic E-state index is 0.249. The summed E-state index contributed by atoms with van der Waals surface area (Å²) in [7, 11) is 3.86. The summed E-state index contributed by atoms with van der Waals surface area (Å²) in [6, 6.07) is 6.78. The van der Waals surface area contributed by atoms with Crippen molar-refractivity contribution in [3.63, 3.8) is 0 Å². The fourth-order valence-corrected chi connectivity index (χ4v) is 3.53. The van der Waals surface area contributed by atoms with Gasteiger partial charge in [0.05, 0.1) is 16.2 Å². The van der Waals surface area contributed by atoms with Crippen LogP contribution in [-0.2, 0) is 10.0 Å². The van der Waals surface area contributed by atoms with E-state index in [2.05, 4.69) is 11.3 Å². The number of nitrogens with zero attached hydrogens (tertiary/aromatic N) is 2. The molecule has 0 fully saturated rings. The summed E-state index contributed by atoms with van der Waals surface area (Å²) < 4.78 is 29.7. The summed E-state index contributed by atoms with van der Waals surface area (Å²) in [6.07, 6.45) is 0. The summed E-state index contributed by atoms with van der Waals surface area (Å²) in [5, 5.41) is 0. The molecule has 0 spiro atoms. The average molecular weight is 320 g/mol. The van der Waals surface area contributed by atoms with Crippen molar-refractivity contribution in [3.05, 3.63) is 53.4 Å². The Hall–Kier alpha value is -2.08. The third-order valence-electron chi connectivity index (χ3n) is 3.51. The van der Waals surface area contributed by atoms with Crippen LogP contribution in [0.1, 0.15) is 5.56 Å². The molecule has 1 aliphatic rings. The Kier molecular flexibility index (Phi) is 4.15. The van der Waals surface area contributed by atoms with Crippen LogP contribution in [0, 0.1) is 6.92 Å². The fraction of sp³-hybridized carbons (Fsp3) is 0.312. The van der Waals surface area contributed by atoms with E-state index in [9.17, 15) is 8.42 Å². The molecule has 0 heterocycles. The Morgan fingerprint density at radius 2 is 1.68 bits per heavy atom. The Balaban J connectivity index is 2.45. The van der Waals surface area contributed by atoms with Gasteiger partial charge in [-0.05, 0) is 19.1 Å². The molecule has 0 aliphatic heterocycles. The van der Waals surface area contributed by atoms with Gasteiger partial charge in [0.25, 0.3) is 10.0 Å². The molecule has 5 nitrogen and oxygen atoms in total. The van der Waals surface area contributed by atoms with Crippen LogP contribution in [0.25, 0.3) is 0 Å². The lowest BCUT2D eigenvalue weighted by atomic mass is 9.91. The van der Waals surface area contributed by atoms with Gasteiger partial charge in [0.15, 0.2) is 0 Å². The molecule has 1 aromatic rings. The van der Waals surface area contributed by atoms with E-state index in [1.165, 1.54) is 0 Å². The number of likely N-dealkylation sites (N-methyl/N-ethyl adjacent to an activating group) is 1. The lowest BCUT2D eigenvalue weighted by Gasteiger charge is -2.31. The number of sulfonamides is 1. The average Bonchev–Trinajstić information content (AvgIpc) is 2.37. The first kappa shape index (κ1) is 16.3. The SMILES string of the molecule is C=C1C(N(C)C)=C(NS(=O)(=O)c2ccc(C)cc2)C1=[N+](C)C. The predicted molar refractivity (Wildman–Crippen MR) is 88.5 cm³/mol. The maximum absolute atomic E-state index is 12.6. The molecule has 1 aliphatic carbocycles. The molecule has 0 saturated carbocycles. The van der Waals surface area contributed by atoms with Gasteiger partial charge in [0.1, 0.15) is 19.8 Å². The number of hydrogen-bond acceptors (Lipinski definition) is 3. The third kappa shape index (κ3) is 2.78. The zero-order valence-electron chi connectivity index (χ0n) is 13.6. The minimum atomic E-state index is -3.62. The topological polar surface area (TPSA) is 52.4 Å². The van der Waals surface area contributed by atoms with E-state index in [0.717, 1.165) is 22.5 Å². The van der Waals surface area contributed by atoms with Crippen molar-refractivity contribution in [3.8, 4) is 0 Å². The second-order valence-electron chi connectivity index (χ2n) is 5.76. The maximum Gasteiger partial charge on any atom is 0.262 e. The van der Waals surface area contributed by atoms with E-state index in [0.29, 0.717) is 5.70 Å². The van der Waals surface area contributed by atoms with Crippen molar-refractivity contribution in [2.24, 2.45) is 0 Å². The van der Waals surface area contributed by atoms with Gasteiger partial charge in [-0.3, -0.25) is 4.72 Å². The molecule has 118 valence electrons. The standard InChI is InChI=1S/C16H22N3O2S/c1-11-7-9-13(10-8-11)22(20,21)17-14-15(18(3)4)12(2)16(14)19(5)6/h7-10,17H,2H2,1,3-6H3/q+1. The van der Waals surface area contributed by atoms with Crippen molar-refractivity contribution in [1.82, 2.24) is 9.62 Å². The summed E-state index contributed by atoms with van der Waals surface area (Å²) >= 11 is 0.